The third-order valence-electron chi connectivity index (χ3n) is 3.09. The van der Waals surface area contributed by atoms with E-state index in [1.165, 1.54) is 0 Å². The fraction of sp³-hybridized carbons (Fsp3) is 0.714. The Balaban J connectivity index is 2.44. The fourth-order valence-electron chi connectivity index (χ4n) is 2.20. The highest BCUT2D eigenvalue weighted by Crippen LogP contribution is 2.24. The zero-order valence-electron chi connectivity index (χ0n) is 11.4. The molecule has 18 heavy (non-hydrogen) atoms. The Labute approximate surface area is 118 Å². The normalized spacial score (nSPS) is 15.0. The highest BCUT2D eigenvalue weighted by molar-refractivity contribution is 9.10. The lowest BCUT2D eigenvalue weighted by molar-refractivity contribution is 0.235. The van der Waals surface area contributed by atoms with Crippen LogP contribution < -0.4 is 5.32 Å². The average Bonchev–Trinajstić information content (AvgIpc) is 2.71. The first-order valence-electron chi connectivity index (χ1n) is 6.61. The van der Waals surface area contributed by atoms with Gasteiger partial charge in [0.15, 0.2) is 0 Å². The van der Waals surface area contributed by atoms with Gasteiger partial charge in [-0.3, -0.25) is 0 Å². The largest absolute Gasteiger partial charge is 0.466 e. The van der Waals surface area contributed by atoms with Crippen molar-refractivity contribution in [3.8, 4) is 0 Å². The standard InChI is InChI=1S/C14H24BrNO2/c1-10(2)8-12(4-6-17)9-16-11(3)14-13(15)5-7-18-14/h5,7,10-12,16-17H,4,6,8-9H2,1-3H3. The summed E-state index contributed by atoms with van der Waals surface area (Å²) in [5.74, 6) is 2.11. The molecule has 104 valence electrons. The zero-order valence-corrected chi connectivity index (χ0v) is 13.0. The fourth-order valence-corrected chi connectivity index (χ4v) is 2.75. The molecule has 0 amide bonds. The third-order valence-corrected chi connectivity index (χ3v) is 3.75. The van der Waals surface area contributed by atoms with Crippen molar-refractivity contribution < 1.29 is 9.52 Å². The molecular formula is C14H24BrNO2. The van der Waals surface area contributed by atoms with E-state index >= 15 is 0 Å². The Morgan fingerprint density at radius 2 is 2.11 bits per heavy atom. The molecule has 0 fully saturated rings. The number of rotatable bonds is 8. The summed E-state index contributed by atoms with van der Waals surface area (Å²) in [6, 6.07) is 2.09. The Morgan fingerprint density at radius 1 is 1.39 bits per heavy atom. The highest BCUT2D eigenvalue weighted by atomic mass is 79.9. The molecule has 2 unspecified atom stereocenters. The second kappa shape index (κ2) is 7.97. The van der Waals surface area contributed by atoms with Crippen LogP contribution in [0.3, 0.4) is 0 Å². The summed E-state index contributed by atoms with van der Waals surface area (Å²) < 4.78 is 6.45. The topological polar surface area (TPSA) is 45.4 Å². The molecule has 1 rings (SSSR count). The van der Waals surface area contributed by atoms with Crippen LogP contribution in [0.25, 0.3) is 0 Å². The Bertz CT molecular complexity index is 338. The molecule has 0 saturated carbocycles. The molecule has 0 spiro atoms. The second-order valence-electron chi connectivity index (χ2n) is 5.27. The van der Waals surface area contributed by atoms with Gasteiger partial charge in [0.05, 0.1) is 16.8 Å². The van der Waals surface area contributed by atoms with Crippen LogP contribution >= 0.6 is 15.9 Å². The van der Waals surface area contributed by atoms with E-state index in [0.717, 1.165) is 29.6 Å². The van der Waals surface area contributed by atoms with Crippen LogP contribution in [0.15, 0.2) is 21.2 Å². The summed E-state index contributed by atoms with van der Waals surface area (Å²) in [6.07, 6.45) is 3.69. The maximum atomic E-state index is 9.09. The maximum absolute atomic E-state index is 9.09. The minimum absolute atomic E-state index is 0.183. The molecule has 0 bridgehead atoms. The van der Waals surface area contributed by atoms with E-state index in [-0.39, 0.29) is 12.6 Å². The van der Waals surface area contributed by atoms with Gasteiger partial charge in [0.2, 0.25) is 0 Å². The van der Waals surface area contributed by atoms with Gasteiger partial charge in [-0.25, -0.2) is 0 Å². The van der Waals surface area contributed by atoms with Crippen molar-refractivity contribution in [1.82, 2.24) is 5.32 Å². The molecule has 3 nitrogen and oxygen atoms in total. The van der Waals surface area contributed by atoms with Crippen molar-refractivity contribution >= 4 is 15.9 Å². The molecule has 0 aromatic carbocycles. The lowest BCUT2D eigenvalue weighted by Crippen LogP contribution is -2.27. The van der Waals surface area contributed by atoms with Crippen LogP contribution in [0.2, 0.25) is 0 Å². The second-order valence-corrected chi connectivity index (χ2v) is 6.12. The summed E-state index contributed by atoms with van der Waals surface area (Å²) in [4.78, 5) is 0. The van der Waals surface area contributed by atoms with Gasteiger partial charge >= 0.3 is 0 Å². The van der Waals surface area contributed by atoms with E-state index in [2.05, 4.69) is 42.0 Å². The van der Waals surface area contributed by atoms with E-state index in [1.54, 1.807) is 6.26 Å². The molecule has 0 aliphatic carbocycles. The van der Waals surface area contributed by atoms with Crippen LogP contribution in [0, 0.1) is 11.8 Å². The molecule has 2 atom stereocenters. The molecule has 0 aliphatic heterocycles. The first kappa shape index (κ1) is 15.7. The molecule has 0 radical (unpaired) electrons. The van der Waals surface area contributed by atoms with Crippen LogP contribution in [0.4, 0.5) is 0 Å². The summed E-state index contributed by atoms with van der Waals surface area (Å²) in [5, 5.41) is 12.6. The minimum atomic E-state index is 0.183. The van der Waals surface area contributed by atoms with Gasteiger partial charge in [-0.05, 0) is 60.1 Å². The Hall–Kier alpha value is -0.320. The van der Waals surface area contributed by atoms with Crippen LogP contribution in [-0.2, 0) is 0 Å². The van der Waals surface area contributed by atoms with E-state index < -0.39 is 0 Å². The lowest BCUT2D eigenvalue weighted by atomic mass is 9.94. The van der Waals surface area contributed by atoms with Gasteiger partial charge in [0.25, 0.3) is 0 Å². The summed E-state index contributed by atoms with van der Waals surface area (Å²) in [5.41, 5.74) is 0. The van der Waals surface area contributed by atoms with Crippen LogP contribution in [0.5, 0.6) is 0 Å². The van der Waals surface area contributed by atoms with Gasteiger partial charge in [-0.1, -0.05) is 13.8 Å². The molecule has 1 aromatic rings. The van der Waals surface area contributed by atoms with Gasteiger partial charge in [-0.15, -0.1) is 0 Å². The Kier molecular flexibility index (Phi) is 6.97. The van der Waals surface area contributed by atoms with E-state index in [4.69, 9.17) is 9.52 Å². The van der Waals surface area contributed by atoms with Gasteiger partial charge < -0.3 is 14.8 Å². The molecule has 1 heterocycles. The van der Waals surface area contributed by atoms with Crippen molar-refractivity contribution in [1.29, 1.82) is 0 Å². The van der Waals surface area contributed by atoms with E-state index in [9.17, 15) is 0 Å². The number of furan rings is 1. The molecule has 4 heteroatoms. The molecule has 0 saturated heterocycles. The number of aliphatic hydroxyl groups excluding tert-OH is 1. The number of hydrogen-bond donors (Lipinski definition) is 2. The number of aliphatic hydroxyl groups is 1. The smallest absolute Gasteiger partial charge is 0.134 e. The molecule has 2 N–H and O–H groups in total. The predicted molar refractivity (Wildman–Crippen MR) is 77.5 cm³/mol. The highest BCUT2D eigenvalue weighted by Gasteiger charge is 2.16. The Morgan fingerprint density at radius 3 is 2.61 bits per heavy atom. The van der Waals surface area contributed by atoms with Gasteiger partial charge in [-0.2, -0.15) is 0 Å². The predicted octanol–water partition coefficient (Wildman–Crippen LogP) is 3.74. The minimum Gasteiger partial charge on any atom is -0.466 e. The molecule has 0 aliphatic rings. The summed E-state index contributed by atoms with van der Waals surface area (Å²) >= 11 is 3.47. The van der Waals surface area contributed by atoms with Crippen molar-refractivity contribution in [3.05, 3.63) is 22.6 Å². The first-order chi connectivity index (χ1) is 8.54. The summed E-state index contributed by atoms with van der Waals surface area (Å²) in [7, 11) is 0. The zero-order chi connectivity index (χ0) is 13.5. The molecule has 1 aromatic heterocycles. The van der Waals surface area contributed by atoms with Crippen LogP contribution in [0.1, 0.15) is 45.4 Å². The number of hydrogen-bond acceptors (Lipinski definition) is 3. The lowest BCUT2D eigenvalue weighted by Gasteiger charge is -2.21. The SMILES string of the molecule is CC(C)CC(CCO)CNC(C)c1occc1Br. The monoisotopic (exact) mass is 317 g/mol. The van der Waals surface area contributed by atoms with Crippen molar-refractivity contribution in [2.75, 3.05) is 13.2 Å². The molecular weight excluding hydrogens is 294 g/mol. The average molecular weight is 318 g/mol. The van der Waals surface area contributed by atoms with E-state index in [0.29, 0.717) is 11.8 Å². The van der Waals surface area contributed by atoms with Crippen molar-refractivity contribution in [2.45, 2.75) is 39.7 Å². The van der Waals surface area contributed by atoms with Gasteiger partial charge in [0, 0.05) is 6.61 Å². The van der Waals surface area contributed by atoms with Gasteiger partial charge in [0.1, 0.15) is 5.76 Å². The number of halogens is 1. The van der Waals surface area contributed by atoms with Crippen LogP contribution in [-0.4, -0.2) is 18.3 Å². The van der Waals surface area contributed by atoms with Crippen molar-refractivity contribution in [3.63, 3.8) is 0 Å². The summed E-state index contributed by atoms with van der Waals surface area (Å²) in [6.45, 7) is 7.70. The maximum Gasteiger partial charge on any atom is 0.134 e. The van der Waals surface area contributed by atoms with E-state index in [1.807, 2.05) is 6.07 Å². The first-order valence-corrected chi connectivity index (χ1v) is 7.41. The quantitative estimate of drug-likeness (QED) is 0.767. The number of nitrogens with one attached hydrogen (secondary N) is 1. The third kappa shape index (κ3) is 5.12. The van der Waals surface area contributed by atoms with Crippen molar-refractivity contribution in [2.24, 2.45) is 11.8 Å².